The molecule has 0 saturated heterocycles. The van der Waals surface area contributed by atoms with Gasteiger partial charge in [0.15, 0.2) is 6.61 Å². The SMILES string of the molecule is O=C(COC(=O)/C=C/c1ccccc1Cl)Nc1ccccc1Br. The summed E-state index contributed by atoms with van der Waals surface area (Å²) in [7, 11) is 0. The Morgan fingerprint density at radius 3 is 2.57 bits per heavy atom. The lowest BCUT2D eigenvalue weighted by molar-refractivity contribution is -0.142. The normalized spacial score (nSPS) is 10.5. The van der Waals surface area contributed by atoms with Gasteiger partial charge in [-0.15, -0.1) is 0 Å². The summed E-state index contributed by atoms with van der Waals surface area (Å²) in [5.41, 5.74) is 1.31. The molecule has 0 saturated carbocycles. The lowest BCUT2D eigenvalue weighted by Crippen LogP contribution is -2.20. The van der Waals surface area contributed by atoms with E-state index in [-0.39, 0.29) is 6.61 Å². The second kappa shape index (κ2) is 8.50. The first kappa shape index (κ1) is 17.2. The van der Waals surface area contributed by atoms with E-state index in [0.717, 1.165) is 4.47 Å². The van der Waals surface area contributed by atoms with Crippen molar-refractivity contribution in [3.63, 3.8) is 0 Å². The molecule has 0 aliphatic carbocycles. The van der Waals surface area contributed by atoms with E-state index in [4.69, 9.17) is 16.3 Å². The molecule has 0 aliphatic heterocycles. The Balaban J connectivity index is 1.83. The molecule has 6 heteroatoms. The molecule has 0 bridgehead atoms. The number of amides is 1. The summed E-state index contributed by atoms with van der Waals surface area (Å²) in [6, 6.07) is 14.3. The fourth-order valence-corrected chi connectivity index (χ4v) is 2.28. The van der Waals surface area contributed by atoms with Gasteiger partial charge in [-0.3, -0.25) is 4.79 Å². The predicted octanol–water partition coefficient (Wildman–Crippen LogP) is 4.30. The largest absolute Gasteiger partial charge is 0.452 e. The van der Waals surface area contributed by atoms with E-state index < -0.39 is 11.9 Å². The molecule has 2 aromatic carbocycles. The highest BCUT2D eigenvalue weighted by molar-refractivity contribution is 9.10. The quantitative estimate of drug-likeness (QED) is 0.608. The minimum absolute atomic E-state index is 0.368. The number of hydrogen-bond donors (Lipinski definition) is 1. The molecule has 4 nitrogen and oxygen atoms in total. The summed E-state index contributed by atoms with van der Waals surface area (Å²) in [6.07, 6.45) is 2.77. The third-order valence-electron chi connectivity index (χ3n) is 2.80. The number of ether oxygens (including phenoxy) is 1. The molecule has 0 spiro atoms. The van der Waals surface area contributed by atoms with Crippen LogP contribution in [0.5, 0.6) is 0 Å². The van der Waals surface area contributed by atoms with Gasteiger partial charge in [0.1, 0.15) is 0 Å². The second-order valence-corrected chi connectivity index (χ2v) is 5.75. The molecule has 1 amide bonds. The average molecular weight is 395 g/mol. The Hall–Kier alpha value is -2.11. The van der Waals surface area contributed by atoms with Crippen molar-refractivity contribution in [2.24, 2.45) is 0 Å². The van der Waals surface area contributed by atoms with Crippen LogP contribution >= 0.6 is 27.5 Å². The molecule has 2 rings (SSSR count). The zero-order valence-electron chi connectivity index (χ0n) is 12.0. The van der Waals surface area contributed by atoms with E-state index in [9.17, 15) is 9.59 Å². The van der Waals surface area contributed by atoms with Crippen LogP contribution in [-0.2, 0) is 14.3 Å². The molecule has 0 fully saturated rings. The Labute approximate surface area is 147 Å². The van der Waals surface area contributed by atoms with Gasteiger partial charge in [0.25, 0.3) is 5.91 Å². The number of nitrogens with one attached hydrogen (secondary N) is 1. The van der Waals surface area contributed by atoms with Gasteiger partial charge in [-0.1, -0.05) is 41.9 Å². The Morgan fingerprint density at radius 2 is 1.83 bits per heavy atom. The maximum atomic E-state index is 11.7. The van der Waals surface area contributed by atoms with E-state index in [1.54, 1.807) is 36.4 Å². The molecule has 0 aromatic heterocycles. The number of carbonyl (C=O) groups excluding carboxylic acids is 2. The summed E-state index contributed by atoms with van der Waals surface area (Å²) < 4.78 is 5.63. The molecule has 0 heterocycles. The Morgan fingerprint density at radius 1 is 1.13 bits per heavy atom. The van der Waals surface area contributed by atoms with Crippen molar-refractivity contribution in [2.75, 3.05) is 11.9 Å². The summed E-state index contributed by atoms with van der Waals surface area (Å²) in [5, 5.41) is 3.17. The van der Waals surface area contributed by atoms with Crippen molar-refractivity contribution in [1.29, 1.82) is 0 Å². The first-order chi connectivity index (χ1) is 11.1. The minimum atomic E-state index is -0.618. The number of halogens is 2. The minimum Gasteiger partial charge on any atom is -0.452 e. The van der Waals surface area contributed by atoms with E-state index in [1.165, 1.54) is 12.2 Å². The van der Waals surface area contributed by atoms with Gasteiger partial charge in [0.2, 0.25) is 0 Å². The second-order valence-electron chi connectivity index (χ2n) is 4.49. The average Bonchev–Trinajstić information content (AvgIpc) is 2.54. The molecule has 23 heavy (non-hydrogen) atoms. The van der Waals surface area contributed by atoms with E-state index in [1.807, 2.05) is 12.1 Å². The van der Waals surface area contributed by atoms with Gasteiger partial charge in [-0.25, -0.2) is 4.79 Å². The third kappa shape index (κ3) is 5.54. The number of para-hydroxylation sites is 1. The zero-order valence-corrected chi connectivity index (χ0v) is 14.3. The highest BCUT2D eigenvalue weighted by atomic mass is 79.9. The monoisotopic (exact) mass is 393 g/mol. The zero-order chi connectivity index (χ0) is 16.7. The lowest BCUT2D eigenvalue weighted by atomic mass is 10.2. The van der Waals surface area contributed by atoms with Gasteiger partial charge in [0, 0.05) is 15.6 Å². The van der Waals surface area contributed by atoms with Crippen LogP contribution < -0.4 is 5.32 Å². The Bertz CT molecular complexity index is 746. The van der Waals surface area contributed by atoms with Crippen LogP contribution in [0.4, 0.5) is 5.69 Å². The number of hydrogen-bond acceptors (Lipinski definition) is 3. The summed E-state index contributed by atoms with van der Waals surface area (Å²) in [4.78, 5) is 23.4. The molecular weight excluding hydrogens is 382 g/mol. The lowest BCUT2D eigenvalue weighted by Gasteiger charge is -2.07. The van der Waals surface area contributed by atoms with Crippen molar-refractivity contribution in [3.8, 4) is 0 Å². The molecule has 0 aliphatic rings. The van der Waals surface area contributed by atoms with E-state index in [0.29, 0.717) is 16.3 Å². The number of benzene rings is 2. The number of anilines is 1. The number of esters is 1. The van der Waals surface area contributed by atoms with Crippen molar-refractivity contribution in [1.82, 2.24) is 0 Å². The van der Waals surface area contributed by atoms with Gasteiger partial charge in [-0.05, 0) is 45.8 Å². The van der Waals surface area contributed by atoms with Crippen molar-refractivity contribution in [3.05, 3.63) is 69.7 Å². The van der Waals surface area contributed by atoms with E-state index >= 15 is 0 Å². The highest BCUT2D eigenvalue weighted by Crippen LogP contribution is 2.21. The molecule has 1 N–H and O–H groups in total. The summed E-state index contributed by atoms with van der Waals surface area (Å²) in [5.74, 6) is -1.04. The summed E-state index contributed by atoms with van der Waals surface area (Å²) >= 11 is 9.28. The fraction of sp³-hybridized carbons (Fsp3) is 0.0588. The summed E-state index contributed by atoms with van der Waals surface area (Å²) in [6.45, 7) is -0.368. The van der Waals surface area contributed by atoms with Crippen LogP contribution in [0.3, 0.4) is 0 Å². The van der Waals surface area contributed by atoms with Gasteiger partial charge in [-0.2, -0.15) is 0 Å². The molecule has 2 aromatic rings. The first-order valence-corrected chi connectivity index (χ1v) is 7.87. The van der Waals surface area contributed by atoms with Crippen molar-refractivity contribution in [2.45, 2.75) is 0 Å². The maximum Gasteiger partial charge on any atom is 0.331 e. The fourth-order valence-electron chi connectivity index (χ4n) is 1.70. The van der Waals surface area contributed by atoms with Crippen LogP contribution in [0.1, 0.15) is 5.56 Å². The van der Waals surface area contributed by atoms with Gasteiger partial charge < -0.3 is 10.1 Å². The van der Waals surface area contributed by atoms with E-state index in [2.05, 4.69) is 21.2 Å². The number of rotatable bonds is 5. The maximum absolute atomic E-state index is 11.7. The first-order valence-electron chi connectivity index (χ1n) is 6.70. The topological polar surface area (TPSA) is 55.4 Å². The van der Waals surface area contributed by atoms with Crippen LogP contribution in [0.2, 0.25) is 5.02 Å². The molecule has 0 radical (unpaired) electrons. The number of carbonyl (C=O) groups is 2. The molecule has 118 valence electrons. The Kier molecular flexibility index (Phi) is 6.38. The van der Waals surface area contributed by atoms with Gasteiger partial charge in [0.05, 0.1) is 5.69 Å². The van der Waals surface area contributed by atoms with Gasteiger partial charge >= 0.3 is 5.97 Å². The van der Waals surface area contributed by atoms with Crippen LogP contribution in [0, 0.1) is 0 Å². The smallest absolute Gasteiger partial charge is 0.331 e. The third-order valence-corrected chi connectivity index (χ3v) is 3.83. The standard InChI is InChI=1S/C17H13BrClNO3/c18-13-6-2-4-8-15(13)20-16(21)11-23-17(22)10-9-12-5-1-3-7-14(12)19/h1-10H,11H2,(H,20,21)/b10-9+. The van der Waals surface area contributed by atoms with Crippen LogP contribution in [0.25, 0.3) is 6.08 Å². The molecule has 0 unspecified atom stereocenters. The van der Waals surface area contributed by atoms with Crippen molar-refractivity contribution >= 4 is 51.2 Å². The van der Waals surface area contributed by atoms with Crippen LogP contribution in [-0.4, -0.2) is 18.5 Å². The molecular formula is C17H13BrClNO3. The van der Waals surface area contributed by atoms with Crippen molar-refractivity contribution < 1.29 is 14.3 Å². The van der Waals surface area contributed by atoms with Crippen LogP contribution in [0.15, 0.2) is 59.1 Å². The molecule has 0 atom stereocenters. The highest BCUT2D eigenvalue weighted by Gasteiger charge is 2.07. The predicted molar refractivity (Wildman–Crippen MR) is 94.2 cm³/mol.